The summed E-state index contributed by atoms with van der Waals surface area (Å²) in [6.07, 6.45) is 17.0. The summed E-state index contributed by atoms with van der Waals surface area (Å²) < 4.78 is 5.93. The van der Waals surface area contributed by atoms with Crippen LogP contribution in [0.2, 0.25) is 24.2 Å². The molecule has 0 saturated carbocycles. The van der Waals surface area contributed by atoms with Gasteiger partial charge in [0.05, 0.1) is 0 Å². The highest BCUT2D eigenvalue weighted by Gasteiger charge is 2.48. The summed E-state index contributed by atoms with van der Waals surface area (Å²) in [5.41, 5.74) is 0. The van der Waals surface area contributed by atoms with Gasteiger partial charge in [-0.05, 0) is 128 Å². The van der Waals surface area contributed by atoms with Crippen LogP contribution in [0.3, 0.4) is 0 Å². The molecule has 6 heterocycles. The van der Waals surface area contributed by atoms with E-state index in [4.69, 9.17) is 22.2 Å². The highest BCUT2D eigenvalue weighted by molar-refractivity contribution is 7.45. The zero-order valence-electron chi connectivity index (χ0n) is 21.0. The van der Waals surface area contributed by atoms with E-state index in [1.54, 1.807) is 12.1 Å². The molecule has 4 nitrogen and oxygen atoms in total. The fourth-order valence-electron chi connectivity index (χ4n) is 6.18. The Morgan fingerprint density at radius 3 is 1.03 bits per heavy atom. The lowest BCUT2D eigenvalue weighted by atomic mass is 10.4. The van der Waals surface area contributed by atoms with E-state index in [-0.39, 0.29) is 12.4 Å². The molecule has 0 bridgehead atoms. The fraction of sp³-hybridized carbons (Fsp3) is 1.00. The number of rotatable bonds is 2. The zero-order valence-corrected chi connectivity index (χ0v) is 25.3. The lowest BCUT2D eigenvalue weighted by Crippen LogP contribution is -3.00. The Bertz CT molecular complexity index is 439. The Morgan fingerprint density at radius 1 is 0.455 bits per heavy atom. The summed E-state index contributed by atoms with van der Waals surface area (Å²) in [6.45, 7) is 9.14. The Labute approximate surface area is 222 Å². The molecule has 196 valence electrons. The number of hydrogen-bond donors (Lipinski definition) is 2. The van der Waals surface area contributed by atoms with E-state index in [1.165, 1.54) is 129 Å². The van der Waals surface area contributed by atoms with Gasteiger partial charge in [0.25, 0.3) is 6.69 Å². The predicted octanol–water partition coefficient (Wildman–Crippen LogP) is 2.86. The quantitative estimate of drug-likeness (QED) is 0.404. The Kier molecular flexibility index (Phi) is 15.5. The van der Waals surface area contributed by atoms with Crippen molar-refractivity contribution in [3.8, 4) is 0 Å². The van der Waals surface area contributed by atoms with Crippen LogP contribution in [0, 0.1) is 0 Å². The van der Waals surface area contributed by atoms with Gasteiger partial charge in [0, 0.05) is 0 Å². The van der Waals surface area contributed by atoms with Crippen molar-refractivity contribution >= 4 is 37.2 Å². The van der Waals surface area contributed by atoms with Gasteiger partial charge in [0.15, 0.2) is 0 Å². The fourth-order valence-corrected chi connectivity index (χ4v) is 15.4. The number of hydrogen-bond acceptors (Lipinski definition) is 4. The minimum atomic E-state index is -1.60. The Balaban J connectivity index is 0.000000178. The van der Waals surface area contributed by atoms with E-state index in [9.17, 15) is 0 Å². The summed E-state index contributed by atoms with van der Waals surface area (Å²) in [5.74, 6) is 0. The van der Waals surface area contributed by atoms with Crippen LogP contribution in [0.1, 0.15) is 77.0 Å². The lowest BCUT2D eigenvalue weighted by molar-refractivity contribution is -0.00000689. The molecule has 2 N–H and O–H groups in total. The van der Waals surface area contributed by atoms with Crippen LogP contribution < -0.4 is 23.0 Å². The standard InChI is InChI=1S/C12H24N2Si.C4H8Cl2Si.2C4H9N.ClH/c1-2-8-13(7-1)15(11-5-6-12-15)14-9-3-4-10-14;5-7(6)3-1-2-4-7;2*1-2-4-5-3-1;/h1-12H2;1-4H2;2*5H,1-4H2;1H/p-1. The highest BCUT2D eigenvalue weighted by Crippen LogP contribution is 2.39. The number of halogens is 3. The largest absolute Gasteiger partial charge is 1.00 e. The van der Waals surface area contributed by atoms with Crippen molar-refractivity contribution < 1.29 is 12.4 Å². The zero-order chi connectivity index (χ0) is 22.5. The molecule has 6 saturated heterocycles. The van der Waals surface area contributed by atoms with Gasteiger partial charge in [0.2, 0.25) is 8.40 Å². The molecule has 0 spiro atoms. The molecule has 6 fully saturated rings. The van der Waals surface area contributed by atoms with Gasteiger partial charge in [-0.15, -0.1) is 22.2 Å². The maximum Gasteiger partial charge on any atom is 0.251 e. The maximum absolute atomic E-state index is 5.87. The molecule has 9 heteroatoms. The molecule has 0 aromatic carbocycles. The van der Waals surface area contributed by atoms with Crippen molar-refractivity contribution in [2.75, 3.05) is 52.4 Å². The molecule has 0 amide bonds. The summed E-state index contributed by atoms with van der Waals surface area (Å²) >= 11 is 11.7. The van der Waals surface area contributed by atoms with Crippen LogP contribution in [0.25, 0.3) is 0 Å². The van der Waals surface area contributed by atoms with Crippen molar-refractivity contribution in [1.82, 2.24) is 19.8 Å². The number of nitrogens with zero attached hydrogens (tertiary/aromatic N) is 2. The third-order valence-corrected chi connectivity index (χ3v) is 18.0. The topological polar surface area (TPSA) is 30.5 Å². The van der Waals surface area contributed by atoms with E-state index in [0.717, 1.165) is 12.1 Å². The summed E-state index contributed by atoms with van der Waals surface area (Å²) in [5, 5.41) is 6.44. The first-order valence-electron chi connectivity index (χ1n) is 13.9. The molecule has 0 unspecified atom stereocenters. The summed E-state index contributed by atoms with van der Waals surface area (Å²) in [4.78, 5) is 0. The van der Waals surface area contributed by atoms with Gasteiger partial charge in [-0.1, -0.05) is 25.7 Å². The van der Waals surface area contributed by atoms with Crippen LogP contribution in [-0.2, 0) is 0 Å². The molecule has 0 aliphatic carbocycles. The van der Waals surface area contributed by atoms with Crippen LogP contribution in [-0.4, -0.2) is 76.6 Å². The second kappa shape index (κ2) is 16.8. The first-order valence-corrected chi connectivity index (χ1v) is 20.7. The van der Waals surface area contributed by atoms with Crippen molar-refractivity contribution in [3.63, 3.8) is 0 Å². The minimum Gasteiger partial charge on any atom is -1.00 e. The molecule has 6 rings (SSSR count). The van der Waals surface area contributed by atoms with E-state index < -0.39 is 15.1 Å². The van der Waals surface area contributed by atoms with Crippen molar-refractivity contribution in [1.29, 1.82) is 0 Å². The van der Waals surface area contributed by atoms with Crippen molar-refractivity contribution in [3.05, 3.63) is 0 Å². The van der Waals surface area contributed by atoms with Gasteiger partial charge in [-0.25, -0.2) is 0 Å². The van der Waals surface area contributed by atoms with Gasteiger partial charge in [-0.2, -0.15) is 0 Å². The van der Waals surface area contributed by atoms with Gasteiger partial charge in [-0.3, -0.25) is 0 Å². The van der Waals surface area contributed by atoms with E-state index in [2.05, 4.69) is 19.8 Å². The number of nitrogens with one attached hydrogen (secondary N) is 2. The van der Waals surface area contributed by atoms with Crippen molar-refractivity contribution in [2.24, 2.45) is 0 Å². The van der Waals surface area contributed by atoms with E-state index in [0.29, 0.717) is 0 Å². The van der Waals surface area contributed by atoms with Crippen molar-refractivity contribution in [2.45, 2.75) is 101 Å². The first-order chi connectivity index (χ1) is 15.6. The van der Waals surface area contributed by atoms with Crippen LogP contribution in [0.5, 0.6) is 0 Å². The normalized spacial score (nSPS) is 28.2. The van der Waals surface area contributed by atoms with E-state index in [1.807, 2.05) is 0 Å². The van der Waals surface area contributed by atoms with Crippen LogP contribution in [0.4, 0.5) is 0 Å². The second-order valence-electron chi connectivity index (χ2n) is 10.6. The third-order valence-electron chi connectivity index (χ3n) is 8.04. The summed E-state index contributed by atoms with van der Waals surface area (Å²) in [6, 6.07) is 5.42. The second-order valence-corrected chi connectivity index (χ2v) is 22.4. The molecule has 6 aliphatic heterocycles. The molecular weight excluding hydrogens is 507 g/mol. The third kappa shape index (κ3) is 10.6. The van der Waals surface area contributed by atoms with E-state index >= 15 is 0 Å². The molecule has 6 aliphatic rings. The Morgan fingerprint density at radius 2 is 0.788 bits per heavy atom. The highest BCUT2D eigenvalue weighted by atomic mass is 35.7. The van der Waals surface area contributed by atoms with Crippen LogP contribution >= 0.6 is 22.2 Å². The average Bonchev–Trinajstić information content (AvgIpc) is 3.66. The first kappa shape index (κ1) is 30.4. The average molecular weight is 557 g/mol. The minimum absolute atomic E-state index is 0. The lowest BCUT2D eigenvalue weighted by Gasteiger charge is -2.43. The van der Waals surface area contributed by atoms with Gasteiger partial charge in [0.1, 0.15) is 0 Å². The van der Waals surface area contributed by atoms with Crippen LogP contribution in [0.15, 0.2) is 0 Å². The smallest absolute Gasteiger partial charge is 0.251 e. The molecule has 0 aromatic heterocycles. The Hall–Kier alpha value is 1.14. The molecular formula is C24H50Cl3N4Si2-. The van der Waals surface area contributed by atoms with Gasteiger partial charge >= 0.3 is 0 Å². The molecule has 0 atom stereocenters. The molecule has 0 aromatic rings. The molecule has 33 heavy (non-hydrogen) atoms. The SMILES string of the molecule is C1CCN([Si]2(N3CCCC3)CCCC2)C1.C1CCNC1.C1CCNC1.Cl[Si]1(Cl)CCCC1.[Cl-]. The maximum atomic E-state index is 5.87. The summed E-state index contributed by atoms with van der Waals surface area (Å²) in [7, 11) is -1.10. The monoisotopic (exact) mass is 555 g/mol. The predicted molar refractivity (Wildman–Crippen MR) is 147 cm³/mol. The van der Waals surface area contributed by atoms with Gasteiger partial charge < -0.3 is 32.2 Å². The molecule has 0 radical (unpaired) electrons.